The SMILES string of the molecule is N#Cc1ccc(N=Nc2ccc(OCCCCCCCCCCOP(=O)(Cl)Cl)cc2)cc1. The predicted molar refractivity (Wildman–Crippen MR) is 129 cm³/mol. The van der Waals surface area contributed by atoms with Crippen LogP contribution in [0.4, 0.5) is 11.4 Å². The smallest absolute Gasteiger partial charge is 0.380 e. The van der Waals surface area contributed by atoms with Crippen molar-refractivity contribution >= 4 is 39.9 Å². The molecule has 172 valence electrons. The Balaban J connectivity index is 1.50. The van der Waals surface area contributed by atoms with Crippen LogP contribution in [0.2, 0.25) is 0 Å². The lowest BCUT2D eigenvalue weighted by Gasteiger charge is -2.06. The maximum Gasteiger partial charge on any atom is 0.380 e. The molecular formula is C23H28Cl2N3O3P. The largest absolute Gasteiger partial charge is 0.494 e. The molecule has 6 nitrogen and oxygen atoms in total. The number of azo groups is 1. The molecule has 0 atom stereocenters. The van der Waals surface area contributed by atoms with Gasteiger partial charge in [0.25, 0.3) is 0 Å². The van der Waals surface area contributed by atoms with Crippen LogP contribution < -0.4 is 4.74 Å². The van der Waals surface area contributed by atoms with E-state index in [-0.39, 0.29) is 0 Å². The van der Waals surface area contributed by atoms with Gasteiger partial charge in [0.05, 0.1) is 36.2 Å². The zero-order chi connectivity index (χ0) is 23.1. The number of halogens is 2. The molecule has 32 heavy (non-hydrogen) atoms. The van der Waals surface area contributed by atoms with E-state index in [9.17, 15) is 4.57 Å². The van der Waals surface area contributed by atoms with Crippen molar-refractivity contribution in [2.24, 2.45) is 10.2 Å². The van der Waals surface area contributed by atoms with E-state index in [4.69, 9.17) is 37.0 Å². The molecule has 2 aromatic carbocycles. The molecule has 0 heterocycles. The number of benzene rings is 2. The van der Waals surface area contributed by atoms with Gasteiger partial charge in [-0.05, 0) is 83.9 Å². The van der Waals surface area contributed by atoms with Gasteiger partial charge in [0.1, 0.15) is 5.75 Å². The number of rotatable bonds is 15. The number of nitrogens with zero attached hydrogens (tertiary/aromatic N) is 3. The Morgan fingerprint density at radius 3 is 1.72 bits per heavy atom. The lowest BCUT2D eigenvalue weighted by atomic mass is 10.1. The third-order valence-electron chi connectivity index (χ3n) is 4.66. The fourth-order valence-electron chi connectivity index (χ4n) is 2.95. The lowest BCUT2D eigenvalue weighted by Crippen LogP contribution is -1.97. The summed E-state index contributed by atoms with van der Waals surface area (Å²) in [7, 11) is 0. The van der Waals surface area contributed by atoms with E-state index in [1.54, 1.807) is 24.3 Å². The maximum absolute atomic E-state index is 11.0. The number of ether oxygens (including phenoxy) is 1. The Bertz CT molecular complexity index is 910. The number of nitriles is 1. The van der Waals surface area contributed by atoms with Gasteiger partial charge in [0, 0.05) is 0 Å². The van der Waals surface area contributed by atoms with Crippen molar-refractivity contribution in [2.45, 2.75) is 51.4 Å². The van der Waals surface area contributed by atoms with Crippen molar-refractivity contribution in [1.82, 2.24) is 0 Å². The zero-order valence-electron chi connectivity index (χ0n) is 18.0. The second kappa shape index (κ2) is 15.0. The fourth-order valence-corrected chi connectivity index (χ4v) is 3.71. The molecule has 0 radical (unpaired) electrons. The summed E-state index contributed by atoms with van der Waals surface area (Å²) >= 11 is 10.6. The third-order valence-corrected chi connectivity index (χ3v) is 5.73. The van der Waals surface area contributed by atoms with Crippen LogP contribution in [0.25, 0.3) is 0 Å². The molecule has 0 aliphatic carbocycles. The van der Waals surface area contributed by atoms with Crippen LogP contribution in [0.15, 0.2) is 58.8 Å². The second-order valence-corrected chi connectivity index (χ2v) is 11.6. The summed E-state index contributed by atoms with van der Waals surface area (Å²) < 4.78 is 21.6. The van der Waals surface area contributed by atoms with E-state index in [1.165, 1.54) is 19.3 Å². The van der Waals surface area contributed by atoms with Crippen LogP contribution in [0.5, 0.6) is 5.75 Å². The van der Waals surface area contributed by atoms with Gasteiger partial charge in [-0.15, -0.1) is 0 Å². The third kappa shape index (κ3) is 12.2. The van der Waals surface area contributed by atoms with Gasteiger partial charge in [0.2, 0.25) is 0 Å². The van der Waals surface area contributed by atoms with E-state index in [1.807, 2.05) is 24.3 Å². The first-order valence-corrected chi connectivity index (χ1v) is 14.2. The normalized spacial score (nSPS) is 11.5. The molecule has 0 aliphatic rings. The highest BCUT2D eigenvalue weighted by molar-refractivity contribution is 8.05. The molecule has 2 aromatic rings. The van der Waals surface area contributed by atoms with Gasteiger partial charge in [-0.1, -0.05) is 38.5 Å². The van der Waals surface area contributed by atoms with Crippen LogP contribution in [-0.2, 0) is 9.09 Å². The Morgan fingerprint density at radius 2 is 1.22 bits per heavy atom. The molecule has 0 aliphatic heterocycles. The minimum Gasteiger partial charge on any atom is -0.494 e. The minimum atomic E-state index is -3.37. The van der Waals surface area contributed by atoms with Crippen molar-refractivity contribution in [3.8, 4) is 11.8 Å². The predicted octanol–water partition coefficient (Wildman–Crippen LogP) is 9.08. The van der Waals surface area contributed by atoms with Crippen molar-refractivity contribution in [3.05, 3.63) is 54.1 Å². The van der Waals surface area contributed by atoms with Crippen LogP contribution in [0.1, 0.15) is 56.9 Å². The first-order valence-electron chi connectivity index (χ1n) is 10.7. The van der Waals surface area contributed by atoms with Crippen LogP contribution in [0.3, 0.4) is 0 Å². The molecule has 0 saturated heterocycles. The summed E-state index contributed by atoms with van der Waals surface area (Å²) in [4.78, 5) is 0. The summed E-state index contributed by atoms with van der Waals surface area (Å²) in [6.07, 6.45) is 5.34. The monoisotopic (exact) mass is 495 g/mol. The maximum atomic E-state index is 11.0. The summed E-state index contributed by atoms with van der Waals surface area (Å²) in [6, 6.07) is 16.6. The molecule has 0 spiro atoms. The number of hydrogen-bond acceptors (Lipinski definition) is 6. The molecule has 0 bridgehead atoms. The van der Waals surface area contributed by atoms with Gasteiger partial charge >= 0.3 is 6.07 Å². The first-order chi connectivity index (χ1) is 15.5. The van der Waals surface area contributed by atoms with E-state index < -0.39 is 6.07 Å². The number of unbranched alkanes of at least 4 members (excludes halogenated alkanes) is 7. The average Bonchev–Trinajstić information content (AvgIpc) is 2.79. The quantitative estimate of drug-likeness (QED) is 0.140. The molecule has 0 aromatic heterocycles. The molecule has 0 saturated carbocycles. The Morgan fingerprint density at radius 1 is 0.750 bits per heavy atom. The van der Waals surface area contributed by atoms with Gasteiger partial charge in [-0.3, -0.25) is 4.57 Å². The standard InChI is InChI=1S/C23H28Cl2N3O3P/c24-32(25,29)31-18-8-6-4-2-1-3-5-7-17-30-23-15-13-22(14-16-23)28-27-21-11-9-20(19-26)10-12-21/h9-16H,1-8,17-18H2. The topological polar surface area (TPSA) is 84.0 Å². The summed E-state index contributed by atoms with van der Waals surface area (Å²) in [5, 5.41) is 17.2. The molecule has 0 N–H and O–H groups in total. The highest BCUT2D eigenvalue weighted by Crippen LogP contribution is 2.57. The van der Waals surface area contributed by atoms with E-state index >= 15 is 0 Å². The van der Waals surface area contributed by atoms with E-state index in [0.29, 0.717) is 24.5 Å². The molecule has 0 fully saturated rings. The summed E-state index contributed by atoms with van der Waals surface area (Å²) in [5.41, 5.74) is 2.04. The molecule has 0 amide bonds. The molecular weight excluding hydrogens is 468 g/mol. The van der Waals surface area contributed by atoms with Crippen molar-refractivity contribution in [3.63, 3.8) is 0 Å². The van der Waals surface area contributed by atoms with Crippen LogP contribution in [-0.4, -0.2) is 13.2 Å². The zero-order valence-corrected chi connectivity index (χ0v) is 20.4. The molecule has 2 rings (SSSR count). The Hall–Kier alpha value is -1.90. The van der Waals surface area contributed by atoms with Gasteiger partial charge in [-0.25, -0.2) is 0 Å². The van der Waals surface area contributed by atoms with E-state index in [2.05, 4.69) is 16.3 Å². The lowest BCUT2D eigenvalue weighted by molar-refractivity contribution is 0.303. The van der Waals surface area contributed by atoms with Gasteiger partial charge in [0.15, 0.2) is 0 Å². The summed E-state index contributed by atoms with van der Waals surface area (Å²) in [5.74, 6) is 0.822. The Labute approximate surface area is 199 Å². The average molecular weight is 496 g/mol. The fraction of sp³-hybridized carbons (Fsp3) is 0.435. The van der Waals surface area contributed by atoms with Crippen molar-refractivity contribution in [2.75, 3.05) is 13.2 Å². The first kappa shape index (κ1) is 26.4. The molecule has 0 unspecified atom stereocenters. The van der Waals surface area contributed by atoms with Gasteiger partial charge in [-0.2, -0.15) is 15.5 Å². The van der Waals surface area contributed by atoms with Crippen LogP contribution >= 0.6 is 28.6 Å². The number of hydrogen-bond donors (Lipinski definition) is 0. The van der Waals surface area contributed by atoms with Crippen LogP contribution in [0, 0.1) is 11.3 Å². The second-order valence-electron chi connectivity index (χ2n) is 7.28. The summed E-state index contributed by atoms with van der Waals surface area (Å²) in [6.45, 7) is 1.04. The van der Waals surface area contributed by atoms with Crippen molar-refractivity contribution < 1.29 is 13.8 Å². The highest BCUT2D eigenvalue weighted by Gasteiger charge is 2.12. The van der Waals surface area contributed by atoms with Crippen molar-refractivity contribution in [1.29, 1.82) is 5.26 Å². The highest BCUT2D eigenvalue weighted by atomic mass is 35.9. The van der Waals surface area contributed by atoms with E-state index in [0.717, 1.165) is 43.5 Å². The van der Waals surface area contributed by atoms with Gasteiger partial charge < -0.3 is 9.26 Å². The Kier molecular flexibility index (Phi) is 12.4. The molecule has 9 heteroatoms. The minimum absolute atomic E-state index is 0.350.